The van der Waals surface area contributed by atoms with Crippen molar-refractivity contribution in [2.75, 3.05) is 20.7 Å². The van der Waals surface area contributed by atoms with Crippen molar-refractivity contribution in [2.45, 2.75) is 18.2 Å². The summed E-state index contributed by atoms with van der Waals surface area (Å²) in [4.78, 5) is 12.4. The zero-order chi connectivity index (χ0) is 18.4. The number of carbonyl (C=O) groups is 1. The number of hydrogen-bond donors (Lipinski definition) is 0. The maximum Gasteiger partial charge on any atom is 0.343 e. The number of benzene rings is 2. The lowest BCUT2D eigenvalue weighted by atomic mass is 10.2. The highest BCUT2D eigenvalue weighted by atomic mass is 32.2. The van der Waals surface area contributed by atoms with E-state index >= 15 is 0 Å². The fourth-order valence-electron chi connectivity index (χ4n) is 2.00. The highest BCUT2D eigenvalue weighted by molar-refractivity contribution is 7.89. The Labute approximate surface area is 148 Å². The summed E-state index contributed by atoms with van der Waals surface area (Å²) in [6.45, 7) is 2.50. The Hall–Kier alpha value is -2.38. The van der Waals surface area contributed by atoms with Crippen LogP contribution in [0.25, 0.3) is 0 Å². The normalized spacial score (nSPS) is 11.4. The molecule has 25 heavy (non-hydrogen) atoms. The molecule has 2 aromatic rings. The molecule has 134 valence electrons. The van der Waals surface area contributed by atoms with E-state index in [0.717, 1.165) is 10.7 Å². The number of hydrogen-bond acceptors (Lipinski definition) is 5. The van der Waals surface area contributed by atoms with Crippen LogP contribution in [0.4, 0.5) is 0 Å². The van der Waals surface area contributed by atoms with Gasteiger partial charge >= 0.3 is 5.97 Å². The van der Waals surface area contributed by atoms with Crippen LogP contribution in [-0.2, 0) is 10.0 Å². The first-order valence-corrected chi connectivity index (χ1v) is 9.27. The average molecular weight is 363 g/mol. The molecule has 0 amide bonds. The number of esters is 1. The van der Waals surface area contributed by atoms with Crippen LogP contribution in [0.15, 0.2) is 53.4 Å². The third-order valence-electron chi connectivity index (χ3n) is 3.38. The van der Waals surface area contributed by atoms with Crippen molar-refractivity contribution in [3.8, 4) is 11.5 Å². The summed E-state index contributed by atoms with van der Waals surface area (Å²) in [5.41, 5.74) is 0.253. The topological polar surface area (TPSA) is 72.9 Å². The van der Waals surface area contributed by atoms with E-state index in [0.29, 0.717) is 18.1 Å². The van der Waals surface area contributed by atoms with Crippen LogP contribution in [0.5, 0.6) is 11.5 Å². The van der Waals surface area contributed by atoms with E-state index in [-0.39, 0.29) is 10.5 Å². The molecule has 0 unspecified atom stereocenters. The van der Waals surface area contributed by atoms with Crippen molar-refractivity contribution in [2.24, 2.45) is 0 Å². The molecule has 0 spiro atoms. The van der Waals surface area contributed by atoms with Gasteiger partial charge in [-0.05, 0) is 42.8 Å². The first kappa shape index (κ1) is 19.0. The van der Waals surface area contributed by atoms with Gasteiger partial charge < -0.3 is 9.47 Å². The lowest BCUT2D eigenvalue weighted by Gasteiger charge is -2.12. The molecule has 0 saturated carbocycles. The Morgan fingerprint density at radius 2 is 1.60 bits per heavy atom. The summed E-state index contributed by atoms with van der Waals surface area (Å²) >= 11 is 0. The fraction of sp³-hybridized carbons (Fsp3) is 0.278. The van der Waals surface area contributed by atoms with Gasteiger partial charge in [-0.15, -0.1) is 0 Å². The van der Waals surface area contributed by atoms with Gasteiger partial charge in [0.15, 0.2) is 11.5 Å². The van der Waals surface area contributed by atoms with Gasteiger partial charge in [0.25, 0.3) is 0 Å². The molecule has 0 atom stereocenters. The van der Waals surface area contributed by atoms with E-state index in [4.69, 9.17) is 9.47 Å². The maximum absolute atomic E-state index is 12.3. The first-order chi connectivity index (χ1) is 11.9. The van der Waals surface area contributed by atoms with Crippen molar-refractivity contribution in [3.05, 3.63) is 54.1 Å². The molecule has 2 aromatic carbocycles. The lowest BCUT2D eigenvalue weighted by molar-refractivity contribution is 0.0728. The summed E-state index contributed by atoms with van der Waals surface area (Å²) < 4.78 is 36.1. The largest absolute Gasteiger partial charge is 0.490 e. The molecule has 7 heteroatoms. The highest BCUT2D eigenvalue weighted by Crippen LogP contribution is 2.27. The Kier molecular flexibility index (Phi) is 6.17. The van der Waals surface area contributed by atoms with E-state index in [9.17, 15) is 13.2 Å². The van der Waals surface area contributed by atoms with Gasteiger partial charge in [-0.2, -0.15) is 0 Å². The molecule has 0 N–H and O–H groups in total. The van der Waals surface area contributed by atoms with Crippen LogP contribution in [0.1, 0.15) is 23.7 Å². The van der Waals surface area contributed by atoms with Crippen LogP contribution < -0.4 is 9.47 Å². The summed E-state index contributed by atoms with van der Waals surface area (Å²) in [5, 5.41) is 0. The number of carbonyl (C=O) groups excluding carboxylic acids is 1. The molecule has 0 aliphatic carbocycles. The second-order valence-electron chi connectivity index (χ2n) is 5.50. The van der Waals surface area contributed by atoms with Gasteiger partial charge in [0, 0.05) is 14.1 Å². The fourth-order valence-corrected chi connectivity index (χ4v) is 2.90. The standard InChI is InChI=1S/C18H21NO5S/c1-4-13-23-16-7-5-6-8-17(16)24-18(20)14-9-11-15(12-10-14)25(21,22)19(2)3/h5-12H,4,13H2,1-3H3. The van der Waals surface area contributed by atoms with E-state index < -0.39 is 16.0 Å². The molecule has 0 fully saturated rings. The summed E-state index contributed by atoms with van der Waals surface area (Å²) in [5.74, 6) is 0.233. The average Bonchev–Trinajstić information content (AvgIpc) is 2.61. The molecular formula is C18H21NO5S. The number of ether oxygens (including phenoxy) is 2. The van der Waals surface area contributed by atoms with E-state index in [1.165, 1.54) is 38.4 Å². The first-order valence-electron chi connectivity index (χ1n) is 7.83. The Balaban J connectivity index is 2.17. The molecular weight excluding hydrogens is 342 g/mol. The summed E-state index contributed by atoms with van der Waals surface area (Å²) in [6, 6.07) is 12.5. The van der Waals surface area contributed by atoms with Crippen molar-refractivity contribution in [3.63, 3.8) is 0 Å². The molecule has 0 saturated heterocycles. The maximum atomic E-state index is 12.3. The third kappa shape index (κ3) is 4.58. The molecule has 0 aliphatic heterocycles. The minimum atomic E-state index is -3.53. The SMILES string of the molecule is CCCOc1ccccc1OC(=O)c1ccc(S(=O)(=O)N(C)C)cc1. The zero-order valence-corrected chi connectivity index (χ0v) is 15.2. The third-order valence-corrected chi connectivity index (χ3v) is 5.21. The predicted molar refractivity (Wildman–Crippen MR) is 94.5 cm³/mol. The van der Waals surface area contributed by atoms with Crippen molar-refractivity contribution >= 4 is 16.0 Å². The molecule has 0 radical (unpaired) electrons. The second-order valence-corrected chi connectivity index (χ2v) is 7.65. The summed E-state index contributed by atoms with van der Waals surface area (Å²) in [6.07, 6.45) is 0.837. The van der Waals surface area contributed by atoms with Crippen molar-refractivity contribution < 1.29 is 22.7 Å². The molecule has 0 heterocycles. The predicted octanol–water partition coefficient (Wildman–Crippen LogP) is 2.94. The minimum absolute atomic E-state index is 0.112. The van der Waals surface area contributed by atoms with Gasteiger partial charge in [-0.3, -0.25) is 0 Å². The molecule has 0 aliphatic rings. The van der Waals surface area contributed by atoms with E-state index in [1.807, 2.05) is 6.92 Å². The van der Waals surface area contributed by atoms with Crippen LogP contribution in [0.2, 0.25) is 0 Å². The Bertz CT molecular complexity index is 829. The van der Waals surface area contributed by atoms with Crippen molar-refractivity contribution in [1.82, 2.24) is 4.31 Å². The smallest absolute Gasteiger partial charge is 0.343 e. The molecule has 0 bridgehead atoms. The monoisotopic (exact) mass is 363 g/mol. The van der Waals surface area contributed by atoms with Crippen LogP contribution >= 0.6 is 0 Å². The highest BCUT2D eigenvalue weighted by Gasteiger charge is 2.18. The van der Waals surface area contributed by atoms with Crippen molar-refractivity contribution in [1.29, 1.82) is 0 Å². The molecule has 0 aromatic heterocycles. The molecule has 2 rings (SSSR count). The van der Waals surface area contributed by atoms with Crippen LogP contribution in [0.3, 0.4) is 0 Å². The number of sulfonamides is 1. The second kappa shape index (κ2) is 8.13. The Morgan fingerprint density at radius 3 is 2.16 bits per heavy atom. The quantitative estimate of drug-likeness (QED) is 0.559. The zero-order valence-electron chi connectivity index (χ0n) is 14.4. The van der Waals surface area contributed by atoms with Gasteiger partial charge in [-0.25, -0.2) is 17.5 Å². The van der Waals surface area contributed by atoms with Crippen LogP contribution in [0, 0.1) is 0 Å². The van der Waals surface area contributed by atoms with Gasteiger partial charge in [0.05, 0.1) is 17.1 Å². The number of para-hydroxylation sites is 2. The Morgan fingerprint density at radius 1 is 1.00 bits per heavy atom. The van der Waals surface area contributed by atoms with E-state index in [1.54, 1.807) is 24.3 Å². The number of nitrogens with zero attached hydrogens (tertiary/aromatic N) is 1. The van der Waals surface area contributed by atoms with Gasteiger partial charge in [0.1, 0.15) is 0 Å². The van der Waals surface area contributed by atoms with Gasteiger partial charge in [-0.1, -0.05) is 19.1 Å². The number of rotatable bonds is 7. The minimum Gasteiger partial charge on any atom is -0.490 e. The lowest BCUT2D eigenvalue weighted by Crippen LogP contribution is -2.22. The van der Waals surface area contributed by atoms with E-state index in [2.05, 4.69) is 0 Å². The summed E-state index contributed by atoms with van der Waals surface area (Å²) in [7, 11) is -0.636. The van der Waals surface area contributed by atoms with Gasteiger partial charge in [0.2, 0.25) is 10.0 Å². The molecule has 6 nitrogen and oxygen atoms in total. The van der Waals surface area contributed by atoms with Crippen LogP contribution in [-0.4, -0.2) is 39.4 Å².